The fourth-order valence-electron chi connectivity index (χ4n) is 2.28. The molecule has 1 aliphatic heterocycles. The molecule has 1 saturated heterocycles. The van der Waals surface area contributed by atoms with Gasteiger partial charge in [-0.05, 0) is 12.5 Å². The second-order valence-electron chi connectivity index (χ2n) is 4.46. The highest BCUT2D eigenvalue weighted by Crippen LogP contribution is 2.30. The van der Waals surface area contributed by atoms with E-state index in [4.69, 9.17) is 11.6 Å². The van der Waals surface area contributed by atoms with Crippen molar-refractivity contribution in [3.8, 4) is 0 Å². The number of halogens is 1. The molecule has 1 aliphatic rings. The molecule has 18 heavy (non-hydrogen) atoms. The SMILES string of the molecule is C=CC1CN(Cc2ccccc2)C(=O)/C1=C(\C)Cl. The summed E-state index contributed by atoms with van der Waals surface area (Å²) in [7, 11) is 0. The van der Waals surface area contributed by atoms with Crippen molar-refractivity contribution in [2.75, 3.05) is 6.54 Å². The minimum atomic E-state index is 0.0243. The van der Waals surface area contributed by atoms with E-state index in [1.165, 1.54) is 0 Å². The van der Waals surface area contributed by atoms with E-state index in [-0.39, 0.29) is 11.8 Å². The maximum Gasteiger partial charge on any atom is 0.251 e. The molecule has 1 heterocycles. The number of carbonyl (C=O) groups is 1. The average Bonchev–Trinajstić information content (AvgIpc) is 2.67. The standard InChI is InChI=1S/C15H16ClNO/c1-3-13-10-17(15(18)14(13)11(2)16)9-12-7-5-4-6-8-12/h3-8,13H,1,9-10H2,2H3/b14-11+. The molecule has 0 spiro atoms. The van der Waals surface area contributed by atoms with Crippen LogP contribution in [0.15, 0.2) is 53.6 Å². The van der Waals surface area contributed by atoms with Crippen molar-refractivity contribution in [3.63, 3.8) is 0 Å². The van der Waals surface area contributed by atoms with Gasteiger partial charge in [-0.2, -0.15) is 0 Å². The molecule has 1 amide bonds. The van der Waals surface area contributed by atoms with E-state index >= 15 is 0 Å². The molecule has 0 bridgehead atoms. The molecule has 1 fully saturated rings. The first-order chi connectivity index (χ1) is 8.63. The van der Waals surface area contributed by atoms with Gasteiger partial charge in [0.05, 0.1) is 0 Å². The van der Waals surface area contributed by atoms with Gasteiger partial charge in [0.15, 0.2) is 0 Å². The summed E-state index contributed by atoms with van der Waals surface area (Å²) in [5, 5.41) is 0.570. The Bertz CT molecular complexity index is 488. The van der Waals surface area contributed by atoms with Crippen molar-refractivity contribution in [2.24, 2.45) is 5.92 Å². The molecule has 0 N–H and O–H groups in total. The smallest absolute Gasteiger partial charge is 0.251 e. The van der Waals surface area contributed by atoms with Crippen LogP contribution in [0.3, 0.4) is 0 Å². The third kappa shape index (κ3) is 2.49. The third-order valence-electron chi connectivity index (χ3n) is 3.18. The molecule has 1 aromatic carbocycles. The number of amides is 1. The predicted molar refractivity (Wildman–Crippen MR) is 74.1 cm³/mol. The third-order valence-corrected chi connectivity index (χ3v) is 3.38. The van der Waals surface area contributed by atoms with E-state index in [9.17, 15) is 4.79 Å². The minimum Gasteiger partial charge on any atom is -0.334 e. The predicted octanol–water partition coefficient (Wildman–Crippen LogP) is 3.34. The molecule has 2 rings (SSSR count). The van der Waals surface area contributed by atoms with E-state index in [2.05, 4.69) is 6.58 Å². The lowest BCUT2D eigenvalue weighted by Crippen LogP contribution is -2.24. The number of rotatable bonds is 3. The van der Waals surface area contributed by atoms with E-state index in [0.29, 0.717) is 23.7 Å². The van der Waals surface area contributed by atoms with Crippen molar-refractivity contribution in [1.82, 2.24) is 4.90 Å². The molecule has 1 atom stereocenters. The number of hydrogen-bond donors (Lipinski definition) is 0. The van der Waals surface area contributed by atoms with Gasteiger partial charge in [-0.15, -0.1) is 6.58 Å². The van der Waals surface area contributed by atoms with E-state index < -0.39 is 0 Å². The van der Waals surface area contributed by atoms with E-state index in [1.54, 1.807) is 13.0 Å². The van der Waals surface area contributed by atoms with Crippen LogP contribution in [0.1, 0.15) is 12.5 Å². The maximum atomic E-state index is 12.3. The van der Waals surface area contributed by atoms with E-state index in [1.807, 2.05) is 35.2 Å². The highest BCUT2D eigenvalue weighted by atomic mass is 35.5. The number of carbonyl (C=O) groups excluding carboxylic acids is 1. The summed E-state index contributed by atoms with van der Waals surface area (Å²) in [6.07, 6.45) is 1.80. The summed E-state index contributed by atoms with van der Waals surface area (Å²) >= 11 is 6.01. The normalized spacial score (nSPS) is 22.2. The quantitative estimate of drug-likeness (QED) is 0.604. The van der Waals surface area contributed by atoms with Gasteiger partial charge in [0.2, 0.25) is 0 Å². The highest BCUT2D eigenvalue weighted by molar-refractivity contribution is 6.31. The van der Waals surface area contributed by atoms with Crippen molar-refractivity contribution < 1.29 is 4.79 Å². The Kier molecular flexibility index (Phi) is 3.87. The Morgan fingerprint density at radius 2 is 2.17 bits per heavy atom. The summed E-state index contributed by atoms with van der Waals surface area (Å²) in [5.41, 5.74) is 1.81. The van der Waals surface area contributed by atoms with Crippen LogP contribution in [-0.2, 0) is 11.3 Å². The molecule has 0 radical (unpaired) electrons. The van der Waals surface area contributed by atoms with Gasteiger partial charge < -0.3 is 4.90 Å². The summed E-state index contributed by atoms with van der Waals surface area (Å²) in [5.74, 6) is 0.0648. The fraction of sp³-hybridized carbons (Fsp3) is 0.267. The molecule has 1 unspecified atom stereocenters. The maximum absolute atomic E-state index is 12.3. The van der Waals surface area contributed by atoms with Crippen LogP contribution >= 0.6 is 11.6 Å². The number of likely N-dealkylation sites (tertiary alicyclic amines) is 1. The zero-order valence-electron chi connectivity index (χ0n) is 10.4. The molecule has 1 aromatic rings. The lowest BCUT2D eigenvalue weighted by Gasteiger charge is -2.15. The molecular formula is C15H16ClNO. The zero-order valence-corrected chi connectivity index (χ0v) is 11.2. The van der Waals surface area contributed by atoms with Gasteiger partial charge in [-0.3, -0.25) is 4.79 Å². The van der Waals surface area contributed by atoms with Crippen LogP contribution in [0.4, 0.5) is 0 Å². The van der Waals surface area contributed by atoms with Gasteiger partial charge in [-0.25, -0.2) is 0 Å². The zero-order chi connectivity index (χ0) is 13.1. The monoisotopic (exact) mass is 261 g/mol. The van der Waals surface area contributed by atoms with E-state index in [0.717, 1.165) is 5.56 Å². The average molecular weight is 262 g/mol. The molecule has 2 nitrogen and oxygen atoms in total. The summed E-state index contributed by atoms with van der Waals surface area (Å²) in [6.45, 7) is 6.83. The van der Waals surface area contributed by atoms with Gasteiger partial charge >= 0.3 is 0 Å². The number of hydrogen-bond acceptors (Lipinski definition) is 1. The van der Waals surface area contributed by atoms with Crippen LogP contribution in [0.2, 0.25) is 0 Å². The first-order valence-electron chi connectivity index (χ1n) is 5.95. The minimum absolute atomic E-state index is 0.0243. The molecule has 0 aliphatic carbocycles. The first-order valence-corrected chi connectivity index (χ1v) is 6.33. The number of nitrogens with zero attached hydrogens (tertiary/aromatic N) is 1. The Morgan fingerprint density at radius 3 is 2.67 bits per heavy atom. The Labute approximate surface area is 113 Å². The van der Waals surface area contributed by atoms with Crippen molar-refractivity contribution in [1.29, 1.82) is 0 Å². The van der Waals surface area contributed by atoms with Crippen molar-refractivity contribution >= 4 is 17.5 Å². The summed E-state index contributed by atoms with van der Waals surface area (Å²) in [4.78, 5) is 14.1. The van der Waals surface area contributed by atoms with Crippen LogP contribution in [-0.4, -0.2) is 17.4 Å². The fourth-order valence-corrected chi connectivity index (χ4v) is 2.50. The Hall–Kier alpha value is -1.54. The van der Waals surface area contributed by atoms with Gasteiger partial charge in [0.1, 0.15) is 0 Å². The Balaban J connectivity index is 2.20. The number of benzene rings is 1. The van der Waals surface area contributed by atoms with Crippen molar-refractivity contribution in [3.05, 3.63) is 59.2 Å². The van der Waals surface area contributed by atoms with Gasteiger partial charge in [-0.1, -0.05) is 48.0 Å². The molecular weight excluding hydrogens is 246 g/mol. The second kappa shape index (κ2) is 5.40. The molecule has 3 heteroatoms. The second-order valence-corrected chi connectivity index (χ2v) is 5.03. The van der Waals surface area contributed by atoms with Crippen LogP contribution in [0.5, 0.6) is 0 Å². The molecule has 0 aromatic heterocycles. The summed E-state index contributed by atoms with van der Waals surface area (Å²) in [6, 6.07) is 9.96. The lowest BCUT2D eigenvalue weighted by molar-refractivity contribution is -0.125. The van der Waals surface area contributed by atoms with Crippen LogP contribution < -0.4 is 0 Å². The first kappa shape index (κ1) is 12.9. The van der Waals surface area contributed by atoms with Crippen LogP contribution in [0.25, 0.3) is 0 Å². The highest BCUT2D eigenvalue weighted by Gasteiger charge is 2.34. The Morgan fingerprint density at radius 1 is 1.50 bits per heavy atom. The van der Waals surface area contributed by atoms with Crippen LogP contribution in [0, 0.1) is 5.92 Å². The van der Waals surface area contributed by atoms with Gasteiger partial charge in [0, 0.05) is 29.6 Å². The topological polar surface area (TPSA) is 20.3 Å². The lowest BCUT2D eigenvalue weighted by atomic mass is 10.0. The van der Waals surface area contributed by atoms with Gasteiger partial charge in [0.25, 0.3) is 5.91 Å². The molecule has 94 valence electrons. The van der Waals surface area contributed by atoms with Crippen molar-refractivity contribution in [2.45, 2.75) is 13.5 Å². The number of allylic oxidation sites excluding steroid dienone is 1. The largest absolute Gasteiger partial charge is 0.334 e. The summed E-state index contributed by atoms with van der Waals surface area (Å²) < 4.78 is 0. The molecule has 0 saturated carbocycles.